The van der Waals surface area contributed by atoms with Crippen LogP contribution in [0.3, 0.4) is 0 Å². The first kappa shape index (κ1) is 20.3. The van der Waals surface area contributed by atoms with E-state index in [1.807, 2.05) is 38.1 Å². The van der Waals surface area contributed by atoms with Crippen LogP contribution in [0.5, 0.6) is 0 Å². The third kappa shape index (κ3) is 3.77. The van der Waals surface area contributed by atoms with Crippen LogP contribution in [-0.2, 0) is 11.3 Å². The number of halogens is 2. The predicted octanol–water partition coefficient (Wildman–Crippen LogP) is 4.93. The molecule has 2 heterocycles. The maximum atomic E-state index is 13.9. The van der Waals surface area contributed by atoms with Crippen molar-refractivity contribution in [1.29, 1.82) is 0 Å². The Morgan fingerprint density at radius 3 is 2.57 bits per heavy atom. The zero-order valence-electron chi connectivity index (χ0n) is 16.4. The minimum Gasteiger partial charge on any atom is -0.318 e. The molecule has 152 valence electrons. The first-order valence-corrected chi connectivity index (χ1v) is 10.5. The fourth-order valence-corrected chi connectivity index (χ4v) is 4.14. The van der Waals surface area contributed by atoms with E-state index < -0.39 is 17.8 Å². The van der Waals surface area contributed by atoms with Crippen molar-refractivity contribution >= 4 is 40.6 Å². The molecule has 0 radical (unpaired) electrons. The number of aromatic nitrogens is 1. The van der Waals surface area contributed by atoms with Crippen molar-refractivity contribution in [3.63, 3.8) is 0 Å². The van der Waals surface area contributed by atoms with Gasteiger partial charge in [0.1, 0.15) is 11.5 Å². The maximum absolute atomic E-state index is 13.9. The van der Waals surface area contributed by atoms with Gasteiger partial charge in [0.15, 0.2) is 0 Å². The second kappa shape index (κ2) is 8.06. The number of carbonyl (C=O) groups excluding carboxylic acids is 2. The smallest absolute Gasteiger partial charge is 0.318 e. The molecular formula is C23H19FIN3O2. The number of aryl methyl sites for hydroxylation is 1. The van der Waals surface area contributed by atoms with Crippen molar-refractivity contribution in [2.75, 3.05) is 0 Å². The summed E-state index contributed by atoms with van der Waals surface area (Å²) in [6.45, 7) is 3.85. The molecule has 1 aromatic heterocycles. The van der Waals surface area contributed by atoms with E-state index in [9.17, 15) is 14.0 Å². The molecule has 7 heteroatoms. The van der Waals surface area contributed by atoms with E-state index in [2.05, 4.69) is 38.5 Å². The molecule has 1 fully saturated rings. The molecule has 4 rings (SSSR count). The molecule has 1 N–H and O–H groups in total. The minimum absolute atomic E-state index is 0.115. The second-order valence-corrected chi connectivity index (χ2v) is 8.36. The number of nitrogens with zero attached hydrogens (tertiary/aromatic N) is 2. The Morgan fingerprint density at radius 1 is 1.07 bits per heavy atom. The standard InChI is InChI=1S/C23H19FIN3O2/c1-14-10-17(15(2)28(14)19-8-5-7-18(25)12-19)11-21-22(29)27(23(30)26-21)13-16-6-3-4-9-20(16)24/h3-12H,13H2,1-2H3,(H,26,30)/b21-11-. The van der Waals surface area contributed by atoms with Gasteiger partial charge in [-0.1, -0.05) is 24.3 Å². The summed E-state index contributed by atoms with van der Waals surface area (Å²) in [7, 11) is 0. The highest BCUT2D eigenvalue weighted by Crippen LogP contribution is 2.25. The third-order valence-electron chi connectivity index (χ3n) is 5.09. The Balaban J connectivity index is 1.64. The van der Waals surface area contributed by atoms with Crippen molar-refractivity contribution in [2.24, 2.45) is 0 Å². The number of nitrogens with one attached hydrogen (secondary N) is 1. The molecule has 0 atom stereocenters. The summed E-state index contributed by atoms with van der Waals surface area (Å²) >= 11 is 2.27. The molecule has 1 aliphatic heterocycles. The largest absolute Gasteiger partial charge is 0.329 e. The Bertz CT molecular complexity index is 1200. The van der Waals surface area contributed by atoms with Gasteiger partial charge in [0.25, 0.3) is 5.91 Å². The molecule has 0 unspecified atom stereocenters. The Kier molecular flexibility index (Phi) is 5.46. The first-order valence-electron chi connectivity index (χ1n) is 9.38. The summed E-state index contributed by atoms with van der Waals surface area (Å²) < 4.78 is 17.2. The average Bonchev–Trinajstić information content (AvgIpc) is 3.13. The number of hydrogen-bond acceptors (Lipinski definition) is 2. The van der Waals surface area contributed by atoms with E-state index in [0.29, 0.717) is 5.56 Å². The van der Waals surface area contributed by atoms with Crippen LogP contribution in [0.25, 0.3) is 11.8 Å². The SMILES string of the molecule is Cc1cc(/C=C2\NC(=O)N(Cc3ccccc3F)C2=O)c(C)n1-c1cccc(I)c1. The fourth-order valence-electron chi connectivity index (χ4n) is 3.61. The van der Waals surface area contributed by atoms with E-state index in [1.165, 1.54) is 6.07 Å². The number of rotatable bonds is 4. The van der Waals surface area contributed by atoms with Gasteiger partial charge in [-0.2, -0.15) is 0 Å². The predicted molar refractivity (Wildman–Crippen MR) is 121 cm³/mol. The van der Waals surface area contributed by atoms with Crippen LogP contribution in [0, 0.1) is 23.2 Å². The van der Waals surface area contributed by atoms with Gasteiger partial charge >= 0.3 is 6.03 Å². The summed E-state index contributed by atoms with van der Waals surface area (Å²) in [5.41, 5.74) is 4.31. The summed E-state index contributed by atoms with van der Waals surface area (Å²) in [5, 5.41) is 2.61. The van der Waals surface area contributed by atoms with Crippen molar-refractivity contribution in [2.45, 2.75) is 20.4 Å². The lowest BCUT2D eigenvalue weighted by atomic mass is 10.2. The average molecular weight is 515 g/mol. The van der Waals surface area contributed by atoms with E-state index >= 15 is 0 Å². The zero-order chi connectivity index (χ0) is 21.4. The lowest BCUT2D eigenvalue weighted by Crippen LogP contribution is -2.30. The van der Waals surface area contributed by atoms with Gasteiger partial charge < -0.3 is 9.88 Å². The molecule has 3 aromatic rings. The normalized spacial score (nSPS) is 15.2. The Morgan fingerprint density at radius 2 is 1.83 bits per heavy atom. The second-order valence-electron chi connectivity index (χ2n) is 7.11. The summed E-state index contributed by atoms with van der Waals surface area (Å²) in [5.74, 6) is -0.918. The van der Waals surface area contributed by atoms with Gasteiger partial charge in [-0.15, -0.1) is 0 Å². The third-order valence-corrected chi connectivity index (χ3v) is 5.76. The molecular weight excluding hydrogens is 496 g/mol. The first-order chi connectivity index (χ1) is 14.3. The van der Waals surface area contributed by atoms with Crippen molar-refractivity contribution < 1.29 is 14.0 Å². The van der Waals surface area contributed by atoms with Crippen molar-refractivity contribution in [3.8, 4) is 5.69 Å². The number of carbonyl (C=O) groups is 2. The van der Waals surface area contributed by atoms with Gasteiger partial charge in [0.2, 0.25) is 0 Å². The lowest BCUT2D eigenvalue weighted by Gasteiger charge is -2.12. The highest BCUT2D eigenvalue weighted by molar-refractivity contribution is 14.1. The topological polar surface area (TPSA) is 54.3 Å². The molecule has 0 aliphatic carbocycles. The van der Waals surface area contributed by atoms with Crippen molar-refractivity contribution in [3.05, 3.63) is 92.2 Å². The van der Waals surface area contributed by atoms with E-state index in [1.54, 1.807) is 24.3 Å². The molecule has 0 bridgehead atoms. The number of hydrogen-bond donors (Lipinski definition) is 1. The lowest BCUT2D eigenvalue weighted by molar-refractivity contribution is -0.123. The van der Waals surface area contributed by atoms with Gasteiger partial charge in [-0.05, 0) is 78.4 Å². The quantitative estimate of drug-likeness (QED) is 0.305. The van der Waals surface area contributed by atoms with Crippen LogP contribution >= 0.6 is 22.6 Å². The molecule has 2 aromatic carbocycles. The Labute approximate surface area is 187 Å². The van der Waals surface area contributed by atoms with Crippen LogP contribution < -0.4 is 5.32 Å². The molecule has 1 saturated heterocycles. The van der Waals surface area contributed by atoms with Crippen LogP contribution in [0.15, 0.2) is 60.3 Å². The Hall–Kier alpha value is -2.94. The van der Waals surface area contributed by atoms with E-state index in [0.717, 1.165) is 31.1 Å². The van der Waals surface area contributed by atoms with Crippen LogP contribution in [0.1, 0.15) is 22.5 Å². The van der Waals surface area contributed by atoms with Gasteiger partial charge in [0.05, 0.1) is 6.54 Å². The molecule has 1 aliphatic rings. The summed E-state index contributed by atoms with van der Waals surface area (Å²) in [6, 6.07) is 15.7. The highest BCUT2D eigenvalue weighted by atomic mass is 127. The monoisotopic (exact) mass is 515 g/mol. The highest BCUT2D eigenvalue weighted by Gasteiger charge is 2.34. The maximum Gasteiger partial charge on any atom is 0.329 e. The summed E-state index contributed by atoms with van der Waals surface area (Å²) in [6.07, 6.45) is 1.67. The van der Waals surface area contributed by atoms with Gasteiger partial charge in [-0.3, -0.25) is 9.69 Å². The van der Waals surface area contributed by atoms with Gasteiger partial charge in [-0.25, -0.2) is 9.18 Å². The summed E-state index contributed by atoms with van der Waals surface area (Å²) in [4.78, 5) is 26.2. The minimum atomic E-state index is -0.555. The number of amides is 3. The van der Waals surface area contributed by atoms with E-state index in [-0.39, 0.29) is 12.2 Å². The molecule has 0 spiro atoms. The molecule has 30 heavy (non-hydrogen) atoms. The van der Waals surface area contributed by atoms with E-state index in [4.69, 9.17) is 0 Å². The number of imide groups is 1. The fraction of sp³-hybridized carbons (Fsp3) is 0.130. The van der Waals surface area contributed by atoms with Crippen LogP contribution in [0.4, 0.5) is 9.18 Å². The number of urea groups is 1. The molecule has 3 amide bonds. The number of benzene rings is 2. The van der Waals surface area contributed by atoms with Gasteiger partial charge in [0, 0.05) is 26.2 Å². The molecule has 0 saturated carbocycles. The van der Waals surface area contributed by atoms with Crippen molar-refractivity contribution in [1.82, 2.24) is 14.8 Å². The van der Waals surface area contributed by atoms with Crippen LogP contribution in [-0.4, -0.2) is 21.4 Å². The molecule has 5 nitrogen and oxygen atoms in total. The zero-order valence-corrected chi connectivity index (χ0v) is 18.6. The van der Waals surface area contributed by atoms with Crippen LogP contribution in [0.2, 0.25) is 0 Å².